The first-order chi connectivity index (χ1) is 14.9. The highest BCUT2D eigenvalue weighted by Crippen LogP contribution is 2.29. The van der Waals surface area contributed by atoms with E-state index in [1.54, 1.807) is 6.92 Å². The lowest BCUT2D eigenvalue weighted by atomic mass is 10.0. The van der Waals surface area contributed by atoms with E-state index >= 15 is 0 Å². The Kier molecular flexibility index (Phi) is 6.25. The summed E-state index contributed by atoms with van der Waals surface area (Å²) in [7, 11) is 0. The number of hydrogen-bond donors (Lipinski definition) is 1. The van der Waals surface area contributed by atoms with Crippen LogP contribution in [0.1, 0.15) is 16.7 Å². The van der Waals surface area contributed by atoms with Crippen LogP contribution in [-0.4, -0.2) is 60.4 Å². The fourth-order valence-corrected chi connectivity index (χ4v) is 4.02. The molecule has 7 heteroatoms. The van der Waals surface area contributed by atoms with Crippen molar-refractivity contribution in [2.75, 3.05) is 44.2 Å². The lowest BCUT2D eigenvalue weighted by molar-refractivity contribution is 0.0660. The van der Waals surface area contributed by atoms with E-state index in [1.807, 2.05) is 50.4 Å². The molecular formula is C24H29N3O4. The molecular weight excluding hydrogens is 394 g/mol. The second kappa shape index (κ2) is 9.08. The number of hydrogen-bond acceptors (Lipinski definition) is 7. The number of aliphatic hydroxyl groups is 1. The standard InChI is InChI=1S/C24H29N3O4/c1-16-17(2)24(29)31-23-18(3)21(8-7-20(16)23)30-15-19(28)14-26-10-12-27(13-11-26)22-6-4-5-9-25-22/h4-9,19,28H,10-15H2,1-3H3/t19-/m0/s1. The van der Waals surface area contributed by atoms with Gasteiger partial charge in [0.2, 0.25) is 0 Å². The predicted octanol–water partition coefficient (Wildman–Crippen LogP) is 2.68. The Labute approximate surface area is 181 Å². The number of pyridine rings is 1. The summed E-state index contributed by atoms with van der Waals surface area (Å²) >= 11 is 0. The molecule has 1 N–H and O–H groups in total. The number of β-amino-alcohol motifs (C(OH)–C–C–N with tert-alkyl or cyclic N) is 1. The van der Waals surface area contributed by atoms with Crippen molar-refractivity contribution in [3.8, 4) is 5.75 Å². The number of rotatable bonds is 6. The third-order valence-corrected chi connectivity index (χ3v) is 6.07. The van der Waals surface area contributed by atoms with Crippen LogP contribution in [0.5, 0.6) is 5.75 Å². The fourth-order valence-electron chi connectivity index (χ4n) is 4.02. The summed E-state index contributed by atoms with van der Waals surface area (Å²) in [6.07, 6.45) is 1.20. The molecule has 1 aliphatic rings. The van der Waals surface area contributed by atoms with Crippen molar-refractivity contribution in [1.29, 1.82) is 0 Å². The number of benzene rings is 1. The first kappa shape index (κ1) is 21.3. The number of aryl methyl sites for hydroxylation is 2. The monoisotopic (exact) mass is 423 g/mol. The maximum absolute atomic E-state index is 12.1. The Morgan fingerprint density at radius 2 is 1.84 bits per heavy atom. The second-order valence-corrected chi connectivity index (χ2v) is 8.15. The number of nitrogens with zero attached hydrogens (tertiary/aromatic N) is 3. The van der Waals surface area contributed by atoms with Crippen LogP contribution in [0, 0.1) is 20.8 Å². The molecule has 2 aromatic heterocycles. The normalized spacial score (nSPS) is 15.9. The van der Waals surface area contributed by atoms with E-state index in [0.717, 1.165) is 48.5 Å². The van der Waals surface area contributed by atoms with Crippen LogP contribution in [0.3, 0.4) is 0 Å². The Morgan fingerprint density at radius 3 is 2.55 bits per heavy atom. The molecule has 4 rings (SSSR count). The van der Waals surface area contributed by atoms with Gasteiger partial charge in [0.05, 0.1) is 0 Å². The summed E-state index contributed by atoms with van der Waals surface area (Å²) in [6.45, 7) is 9.80. The molecule has 1 fully saturated rings. The van der Waals surface area contributed by atoms with Gasteiger partial charge in [0.15, 0.2) is 0 Å². The van der Waals surface area contributed by atoms with Gasteiger partial charge in [-0.15, -0.1) is 0 Å². The van der Waals surface area contributed by atoms with Crippen LogP contribution in [-0.2, 0) is 0 Å². The van der Waals surface area contributed by atoms with Gasteiger partial charge < -0.3 is 19.2 Å². The first-order valence-corrected chi connectivity index (χ1v) is 10.7. The van der Waals surface area contributed by atoms with Crippen LogP contribution in [0.4, 0.5) is 5.82 Å². The maximum atomic E-state index is 12.1. The summed E-state index contributed by atoms with van der Waals surface area (Å²) in [5.74, 6) is 1.62. The molecule has 31 heavy (non-hydrogen) atoms. The number of aromatic nitrogens is 1. The van der Waals surface area contributed by atoms with E-state index in [2.05, 4.69) is 14.8 Å². The fraction of sp³-hybridized carbons (Fsp3) is 0.417. The molecule has 0 bridgehead atoms. The SMILES string of the molecule is Cc1c(C)c2ccc(OC[C@@H](O)CN3CCN(c4ccccn4)CC3)c(C)c2oc1=O. The highest BCUT2D eigenvalue weighted by molar-refractivity contribution is 5.85. The van der Waals surface area contributed by atoms with Gasteiger partial charge in [0, 0.05) is 55.4 Å². The molecule has 0 spiro atoms. The van der Waals surface area contributed by atoms with Crippen molar-refractivity contribution in [2.45, 2.75) is 26.9 Å². The van der Waals surface area contributed by atoms with Crippen molar-refractivity contribution in [3.05, 3.63) is 63.6 Å². The predicted molar refractivity (Wildman–Crippen MR) is 121 cm³/mol. The van der Waals surface area contributed by atoms with Gasteiger partial charge in [-0.3, -0.25) is 4.90 Å². The molecule has 164 valence electrons. The third kappa shape index (κ3) is 4.57. The number of fused-ring (bicyclic) bond motifs is 1. The quantitative estimate of drug-likeness (QED) is 0.611. The molecule has 1 saturated heterocycles. The van der Waals surface area contributed by atoms with Gasteiger partial charge in [-0.2, -0.15) is 0 Å². The minimum atomic E-state index is -0.608. The molecule has 3 heterocycles. The molecule has 0 unspecified atom stereocenters. The van der Waals surface area contributed by atoms with Crippen LogP contribution in [0.2, 0.25) is 0 Å². The van der Waals surface area contributed by atoms with Gasteiger partial charge in [-0.05, 0) is 50.6 Å². The number of ether oxygens (including phenoxy) is 1. The third-order valence-electron chi connectivity index (χ3n) is 6.07. The number of piperazine rings is 1. The topological polar surface area (TPSA) is 79.0 Å². The number of aliphatic hydroxyl groups excluding tert-OH is 1. The van der Waals surface area contributed by atoms with Crippen LogP contribution >= 0.6 is 0 Å². The highest BCUT2D eigenvalue weighted by atomic mass is 16.5. The molecule has 0 aliphatic carbocycles. The summed E-state index contributed by atoms with van der Waals surface area (Å²) in [5.41, 5.74) is 2.54. The molecule has 0 amide bonds. The van der Waals surface area contributed by atoms with Gasteiger partial charge in [-0.25, -0.2) is 9.78 Å². The summed E-state index contributed by atoms with van der Waals surface area (Å²) in [6, 6.07) is 9.73. The van der Waals surface area contributed by atoms with Gasteiger partial charge in [0.1, 0.15) is 29.9 Å². The lowest BCUT2D eigenvalue weighted by Gasteiger charge is -2.36. The van der Waals surface area contributed by atoms with Crippen molar-refractivity contribution < 1.29 is 14.3 Å². The van der Waals surface area contributed by atoms with E-state index in [0.29, 0.717) is 23.4 Å². The second-order valence-electron chi connectivity index (χ2n) is 8.15. The van der Waals surface area contributed by atoms with Crippen molar-refractivity contribution in [1.82, 2.24) is 9.88 Å². The van der Waals surface area contributed by atoms with Crippen LogP contribution < -0.4 is 15.3 Å². The summed E-state index contributed by atoms with van der Waals surface area (Å²) in [5, 5.41) is 11.4. The smallest absolute Gasteiger partial charge is 0.339 e. The molecule has 3 aromatic rings. The average molecular weight is 424 g/mol. The molecule has 1 aromatic carbocycles. The highest BCUT2D eigenvalue weighted by Gasteiger charge is 2.21. The van der Waals surface area contributed by atoms with E-state index in [-0.39, 0.29) is 12.2 Å². The largest absolute Gasteiger partial charge is 0.490 e. The van der Waals surface area contributed by atoms with Gasteiger partial charge >= 0.3 is 5.63 Å². The van der Waals surface area contributed by atoms with E-state index < -0.39 is 6.10 Å². The zero-order chi connectivity index (χ0) is 22.0. The minimum absolute atomic E-state index is 0.182. The Bertz CT molecular complexity index is 1110. The van der Waals surface area contributed by atoms with Gasteiger partial charge in [-0.1, -0.05) is 6.07 Å². The number of anilines is 1. The Morgan fingerprint density at radius 1 is 1.06 bits per heavy atom. The summed E-state index contributed by atoms with van der Waals surface area (Å²) < 4.78 is 11.4. The van der Waals surface area contributed by atoms with Crippen molar-refractivity contribution in [2.24, 2.45) is 0 Å². The van der Waals surface area contributed by atoms with Crippen LogP contribution in [0.25, 0.3) is 11.0 Å². The first-order valence-electron chi connectivity index (χ1n) is 10.7. The van der Waals surface area contributed by atoms with E-state index in [9.17, 15) is 9.90 Å². The van der Waals surface area contributed by atoms with Gasteiger partial charge in [0.25, 0.3) is 0 Å². The van der Waals surface area contributed by atoms with E-state index in [1.165, 1.54) is 0 Å². The summed E-state index contributed by atoms with van der Waals surface area (Å²) in [4.78, 5) is 21.0. The average Bonchev–Trinajstić information content (AvgIpc) is 2.79. The van der Waals surface area contributed by atoms with E-state index in [4.69, 9.17) is 9.15 Å². The zero-order valence-corrected chi connectivity index (χ0v) is 18.3. The zero-order valence-electron chi connectivity index (χ0n) is 18.3. The molecule has 7 nitrogen and oxygen atoms in total. The molecule has 1 aliphatic heterocycles. The molecule has 1 atom stereocenters. The molecule has 0 radical (unpaired) electrons. The Hall–Kier alpha value is -2.90. The van der Waals surface area contributed by atoms with Crippen molar-refractivity contribution in [3.63, 3.8) is 0 Å². The maximum Gasteiger partial charge on any atom is 0.339 e. The van der Waals surface area contributed by atoms with Crippen molar-refractivity contribution >= 4 is 16.8 Å². The lowest BCUT2D eigenvalue weighted by Crippen LogP contribution is -2.49. The minimum Gasteiger partial charge on any atom is -0.490 e. The Balaban J connectivity index is 1.33. The molecule has 0 saturated carbocycles. The van der Waals surface area contributed by atoms with Crippen LogP contribution in [0.15, 0.2) is 45.7 Å².